The molecule has 1 heterocycles. The zero-order valence-corrected chi connectivity index (χ0v) is 25.0. The number of methoxy groups -OCH3 is 1. The molecule has 0 saturated carbocycles. The van der Waals surface area contributed by atoms with Gasteiger partial charge in [0.15, 0.2) is 0 Å². The molecule has 0 aliphatic carbocycles. The van der Waals surface area contributed by atoms with Crippen molar-refractivity contribution in [3.8, 4) is 0 Å². The summed E-state index contributed by atoms with van der Waals surface area (Å²) in [7, 11) is -2.91. The first-order valence-electron chi connectivity index (χ1n) is 10.5. The lowest BCUT2D eigenvalue weighted by molar-refractivity contribution is -0.142. The molecule has 0 aliphatic heterocycles. The number of nitrogens with zero attached hydrogens (tertiary/aromatic N) is 2. The molecule has 0 fully saturated rings. The zero-order chi connectivity index (χ0) is 26.7. The number of halogens is 3. The fraction of sp³-hybridized carbons (Fsp3) is 0.130. The van der Waals surface area contributed by atoms with Crippen molar-refractivity contribution in [1.82, 2.24) is 14.1 Å². The van der Waals surface area contributed by atoms with Crippen LogP contribution in [-0.2, 0) is 26.0 Å². The van der Waals surface area contributed by atoms with Gasteiger partial charge in [0.05, 0.1) is 35.1 Å². The van der Waals surface area contributed by atoms with Crippen LogP contribution in [0, 0.1) is 3.57 Å². The first-order chi connectivity index (χ1) is 17.6. The van der Waals surface area contributed by atoms with E-state index in [-0.39, 0.29) is 28.1 Å². The minimum absolute atomic E-state index is 0.0266. The number of rotatable bonds is 8. The summed E-state index contributed by atoms with van der Waals surface area (Å²) in [5, 5.41) is 3.16. The smallest absolute Gasteiger partial charge is 0.328 e. The maximum Gasteiger partial charge on any atom is 0.328 e. The minimum Gasteiger partial charge on any atom is -0.467 e. The predicted octanol–water partition coefficient (Wildman–Crippen LogP) is 5.03. The number of nitrogens with one attached hydrogen (secondary N) is 2. The van der Waals surface area contributed by atoms with Gasteiger partial charge in [-0.05, 0) is 86.5 Å². The van der Waals surface area contributed by atoms with Crippen LogP contribution in [0.3, 0.4) is 0 Å². The van der Waals surface area contributed by atoms with Crippen molar-refractivity contribution in [2.75, 3.05) is 11.8 Å². The van der Waals surface area contributed by atoms with Crippen molar-refractivity contribution in [2.24, 2.45) is 0 Å². The third kappa shape index (κ3) is 6.39. The molecule has 14 heteroatoms. The normalized spacial score (nSPS) is 12.2. The Kier molecular flexibility index (Phi) is 8.68. The number of carbonyl (C=O) groups excluding carboxylic acids is 2. The Balaban J connectivity index is 1.63. The van der Waals surface area contributed by atoms with Crippen LogP contribution < -0.4 is 10.0 Å². The number of ether oxygens (including phenoxy) is 1. The highest BCUT2D eigenvalue weighted by Gasteiger charge is 2.26. The van der Waals surface area contributed by atoms with E-state index in [0.29, 0.717) is 18.6 Å². The number of hydrogen-bond donors (Lipinski definition) is 2. The van der Waals surface area contributed by atoms with E-state index < -0.39 is 27.9 Å². The Hall–Kier alpha value is -2.33. The summed E-state index contributed by atoms with van der Waals surface area (Å²) >= 11 is 12.3. The largest absolute Gasteiger partial charge is 0.467 e. The van der Waals surface area contributed by atoms with Crippen molar-refractivity contribution in [1.29, 1.82) is 0 Å². The van der Waals surface area contributed by atoms with Crippen molar-refractivity contribution >= 4 is 100 Å². The van der Waals surface area contributed by atoms with Crippen molar-refractivity contribution < 1.29 is 22.7 Å². The van der Waals surface area contributed by atoms with E-state index in [0.717, 1.165) is 17.3 Å². The van der Waals surface area contributed by atoms with Crippen LogP contribution in [0.1, 0.15) is 15.9 Å². The highest BCUT2D eigenvalue weighted by Crippen LogP contribution is 2.27. The second-order valence-corrected chi connectivity index (χ2v) is 12.4. The van der Waals surface area contributed by atoms with E-state index >= 15 is 0 Å². The number of hydrogen-bond acceptors (Lipinski definition) is 8. The molecule has 192 valence electrons. The fourth-order valence-corrected chi connectivity index (χ4v) is 6.34. The molecule has 1 aromatic heterocycles. The van der Waals surface area contributed by atoms with Crippen LogP contribution in [0.15, 0.2) is 64.0 Å². The van der Waals surface area contributed by atoms with Crippen LogP contribution >= 0.6 is 61.8 Å². The summed E-state index contributed by atoms with van der Waals surface area (Å²) in [6, 6.07) is 13.4. The van der Waals surface area contributed by atoms with Gasteiger partial charge in [0.2, 0.25) is 0 Å². The molecule has 0 saturated heterocycles. The lowest BCUT2D eigenvalue weighted by Gasteiger charge is -2.19. The summed E-state index contributed by atoms with van der Waals surface area (Å²) in [4.78, 5) is 25.7. The van der Waals surface area contributed by atoms with Gasteiger partial charge >= 0.3 is 5.97 Å². The van der Waals surface area contributed by atoms with Crippen molar-refractivity contribution in [3.05, 3.63) is 78.8 Å². The van der Waals surface area contributed by atoms with E-state index in [2.05, 4.69) is 34.7 Å². The standard InChI is InChI=1S/C23H17BrClIN4O5S2/c1-35-23(32)19(10-12-5-8-16(25)15(24)9-12)27-22(31)14-7-6-13(26)11-18(14)30-37(33,34)20-4-2-3-17-21(20)29-36-28-17/h2-9,11,19,30H,10H2,1H3,(H,27,31)/t19-/m0/s1. The highest BCUT2D eigenvalue weighted by atomic mass is 127. The number of amides is 1. The monoisotopic (exact) mass is 734 g/mol. The van der Waals surface area contributed by atoms with Crippen LogP contribution in [-0.4, -0.2) is 42.2 Å². The molecule has 1 atom stereocenters. The van der Waals surface area contributed by atoms with E-state index in [1.54, 1.807) is 36.4 Å². The third-order valence-corrected chi connectivity index (χ3v) is 9.05. The number of sulfonamides is 1. The van der Waals surface area contributed by atoms with Gasteiger partial charge in [-0.15, -0.1) is 0 Å². The quantitative estimate of drug-likeness (QED) is 0.192. The topological polar surface area (TPSA) is 127 Å². The van der Waals surface area contributed by atoms with Gasteiger partial charge in [-0.1, -0.05) is 23.7 Å². The zero-order valence-electron chi connectivity index (χ0n) is 18.9. The maximum atomic E-state index is 13.3. The summed E-state index contributed by atoms with van der Waals surface area (Å²) in [5.41, 5.74) is 1.47. The van der Waals surface area contributed by atoms with Crippen molar-refractivity contribution in [3.63, 3.8) is 0 Å². The molecule has 0 aliphatic rings. The lowest BCUT2D eigenvalue weighted by Crippen LogP contribution is -2.43. The molecular weight excluding hydrogens is 719 g/mol. The molecule has 0 unspecified atom stereocenters. The number of carbonyl (C=O) groups is 2. The Morgan fingerprint density at radius 1 is 1.16 bits per heavy atom. The second-order valence-electron chi connectivity index (χ2n) is 7.69. The minimum atomic E-state index is -4.13. The molecule has 0 radical (unpaired) electrons. The number of fused-ring (bicyclic) bond motifs is 1. The van der Waals surface area contributed by atoms with Gasteiger partial charge in [-0.25, -0.2) is 13.2 Å². The first kappa shape index (κ1) is 27.7. The second kappa shape index (κ2) is 11.6. The fourth-order valence-electron chi connectivity index (χ4n) is 3.47. The maximum absolute atomic E-state index is 13.3. The summed E-state index contributed by atoms with van der Waals surface area (Å²) in [6.07, 6.45) is 0.123. The summed E-state index contributed by atoms with van der Waals surface area (Å²) in [5.74, 6) is -1.32. The number of esters is 1. The van der Waals surface area contributed by atoms with E-state index in [4.69, 9.17) is 16.3 Å². The molecule has 0 spiro atoms. The summed E-state index contributed by atoms with van der Waals surface area (Å²) in [6.45, 7) is 0. The molecular formula is C23H17BrClIN4O5S2. The molecule has 4 rings (SSSR count). The average Bonchev–Trinajstić information content (AvgIpc) is 3.34. The highest BCUT2D eigenvalue weighted by molar-refractivity contribution is 14.1. The van der Waals surface area contributed by atoms with Crippen LogP contribution in [0.4, 0.5) is 5.69 Å². The van der Waals surface area contributed by atoms with Gasteiger partial charge in [0, 0.05) is 14.5 Å². The van der Waals surface area contributed by atoms with Gasteiger partial charge in [-0.3, -0.25) is 9.52 Å². The predicted molar refractivity (Wildman–Crippen MR) is 154 cm³/mol. The Morgan fingerprint density at radius 3 is 2.68 bits per heavy atom. The average molecular weight is 736 g/mol. The van der Waals surface area contributed by atoms with Crippen LogP contribution in [0.2, 0.25) is 5.02 Å². The number of aromatic nitrogens is 2. The SMILES string of the molecule is COC(=O)[C@H](Cc1ccc(Cl)c(Br)c1)NC(=O)c1ccc(I)cc1NS(=O)(=O)c1cccc2nsnc12. The van der Waals surface area contributed by atoms with E-state index in [1.807, 2.05) is 22.6 Å². The Bertz CT molecular complexity index is 1620. The van der Waals surface area contributed by atoms with Crippen molar-refractivity contribution in [2.45, 2.75) is 17.4 Å². The Labute approximate surface area is 243 Å². The van der Waals surface area contributed by atoms with E-state index in [1.165, 1.54) is 25.3 Å². The lowest BCUT2D eigenvalue weighted by atomic mass is 10.0. The summed E-state index contributed by atoms with van der Waals surface area (Å²) < 4.78 is 43.4. The van der Waals surface area contributed by atoms with Crippen LogP contribution in [0.5, 0.6) is 0 Å². The van der Waals surface area contributed by atoms with E-state index in [9.17, 15) is 18.0 Å². The first-order valence-corrected chi connectivity index (χ1v) is 14.9. The number of benzene rings is 3. The van der Waals surface area contributed by atoms with Gasteiger partial charge in [0.25, 0.3) is 15.9 Å². The van der Waals surface area contributed by atoms with Gasteiger partial charge in [-0.2, -0.15) is 8.75 Å². The van der Waals surface area contributed by atoms with Gasteiger partial charge in [0.1, 0.15) is 22.0 Å². The molecule has 9 nitrogen and oxygen atoms in total. The van der Waals surface area contributed by atoms with Crippen LogP contribution in [0.25, 0.3) is 11.0 Å². The molecule has 1 amide bonds. The Morgan fingerprint density at radius 2 is 1.95 bits per heavy atom. The van der Waals surface area contributed by atoms with Gasteiger partial charge < -0.3 is 10.1 Å². The molecule has 3 aromatic carbocycles. The molecule has 37 heavy (non-hydrogen) atoms. The molecule has 2 N–H and O–H groups in total. The third-order valence-electron chi connectivity index (χ3n) is 5.22. The molecule has 0 bridgehead atoms. The number of anilines is 1. The molecule has 4 aromatic rings.